The van der Waals surface area contributed by atoms with Crippen LogP contribution in [0.3, 0.4) is 0 Å². The van der Waals surface area contributed by atoms with Crippen LogP contribution in [0.4, 0.5) is 0 Å². The maximum Gasteiger partial charge on any atom is 0.303 e. The van der Waals surface area contributed by atoms with Gasteiger partial charge >= 0.3 is 5.97 Å². The molecule has 1 heterocycles. The molecule has 0 amide bonds. The van der Waals surface area contributed by atoms with Gasteiger partial charge in [0.1, 0.15) is 0 Å². The van der Waals surface area contributed by atoms with Crippen LogP contribution in [0.15, 0.2) is 16.6 Å². The van der Waals surface area contributed by atoms with Crippen LogP contribution in [0.5, 0.6) is 11.5 Å². The molecule has 0 spiro atoms. The van der Waals surface area contributed by atoms with Crippen molar-refractivity contribution in [3.63, 3.8) is 0 Å². The van der Waals surface area contributed by atoms with E-state index in [0.717, 1.165) is 6.42 Å². The van der Waals surface area contributed by atoms with Crippen LogP contribution >= 0.6 is 15.9 Å². The third-order valence-electron chi connectivity index (χ3n) is 3.20. The molecule has 2 unspecified atom stereocenters. The number of carbonyl (C=O) groups is 1. The normalized spacial score (nSPS) is 17.1. The number of halogens is 1. The van der Waals surface area contributed by atoms with Crippen LogP contribution in [0.2, 0.25) is 0 Å². The second kappa shape index (κ2) is 6.45. The number of benzene rings is 1. The van der Waals surface area contributed by atoms with E-state index >= 15 is 0 Å². The molecule has 2 N–H and O–H groups in total. The predicted molar refractivity (Wildman–Crippen MR) is 76.1 cm³/mol. The molecule has 0 saturated carbocycles. The maximum absolute atomic E-state index is 10.7. The molecule has 1 aliphatic heterocycles. The van der Waals surface area contributed by atoms with Gasteiger partial charge in [-0.3, -0.25) is 4.79 Å². The van der Waals surface area contributed by atoms with E-state index in [9.17, 15) is 9.90 Å². The maximum atomic E-state index is 10.7. The lowest BCUT2D eigenvalue weighted by Crippen LogP contribution is -2.14. The fraction of sp³-hybridized carbons (Fsp3) is 0.500. The average molecular weight is 345 g/mol. The smallest absolute Gasteiger partial charge is 0.303 e. The Labute approximate surface area is 125 Å². The van der Waals surface area contributed by atoms with Gasteiger partial charge in [-0.1, -0.05) is 6.92 Å². The number of carboxylic acids is 1. The number of fused-ring (bicyclic) bond motifs is 1. The van der Waals surface area contributed by atoms with Crippen molar-refractivity contribution in [2.24, 2.45) is 5.92 Å². The van der Waals surface area contributed by atoms with E-state index in [1.54, 1.807) is 19.1 Å². The first-order chi connectivity index (χ1) is 9.49. The van der Waals surface area contributed by atoms with E-state index in [0.29, 0.717) is 34.7 Å². The summed E-state index contributed by atoms with van der Waals surface area (Å²) in [7, 11) is 0. The van der Waals surface area contributed by atoms with Crippen LogP contribution in [0.1, 0.15) is 31.4 Å². The number of ether oxygens (including phenoxy) is 2. The lowest BCUT2D eigenvalue weighted by Gasteiger charge is -2.19. The Morgan fingerprint density at radius 2 is 2.10 bits per heavy atom. The van der Waals surface area contributed by atoms with Crippen LogP contribution in [-0.4, -0.2) is 29.4 Å². The molecule has 1 aromatic carbocycles. The number of aliphatic hydroxyl groups is 1. The molecule has 1 aromatic rings. The molecule has 0 radical (unpaired) electrons. The zero-order chi connectivity index (χ0) is 14.7. The fourth-order valence-corrected chi connectivity index (χ4v) is 2.71. The van der Waals surface area contributed by atoms with E-state index in [4.69, 9.17) is 14.6 Å². The van der Waals surface area contributed by atoms with Crippen LogP contribution in [0, 0.1) is 5.92 Å². The summed E-state index contributed by atoms with van der Waals surface area (Å²) in [5, 5.41) is 19.1. The number of hydrogen-bond donors (Lipinski definition) is 2. The molecule has 0 fully saturated rings. The monoisotopic (exact) mass is 344 g/mol. The van der Waals surface area contributed by atoms with Crippen molar-refractivity contribution in [2.75, 3.05) is 13.2 Å². The fourth-order valence-electron chi connectivity index (χ4n) is 2.14. The Bertz CT molecular complexity index is 503. The summed E-state index contributed by atoms with van der Waals surface area (Å²) in [5.74, 6) is -0.105. The first-order valence-electron chi connectivity index (χ1n) is 6.48. The molecular weight excluding hydrogens is 328 g/mol. The molecule has 6 heteroatoms. The van der Waals surface area contributed by atoms with Crippen molar-refractivity contribution in [2.45, 2.75) is 25.9 Å². The summed E-state index contributed by atoms with van der Waals surface area (Å²) < 4.78 is 11.9. The lowest BCUT2D eigenvalue weighted by atomic mass is 9.94. The van der Waals surface area contributed by atoms with Gasteiger partial charge in [0.2, 0.25) is 0 Å². The highest BCUT2D eigenvalue weighted by Gasteiger charge is 2.23. The molecule has 1 aliphatic rings. The number of aliphatic carboxylic acids is 1. The van der Waals surface area contributed by atoms with Gasteiger partial charge in [0.15, 0.2) is 11.5 Å². The van der Waals surface area contributed by atoms with E-state index in [-0.39, 0.29) is 12.3 Å². The quantitative estimate of drug-likeness (QED) is 0.878. The minimum atomic E-state index is -0.926. The van der Waals surface area contributed by atoms with Gasteiger partial charge in [-0.2, -0.15) is 0 Å². The Hall–Kier alpha value is -1.27. The molecule has 110 valence electrons. The van der Waals surface area contributed by atoms with Gasteiger partial charge < -0.3 is 19.7 Å². The van der Waals surface area contributed by atoms with Gasteiger partial charge in [0.25, 0.3) is 0 Å². The van der Waals surface area contributed by atoms with Gasteiger partial charge in [0.05, 0.1) is 30.2 Å². The largest absolute Gasteiger partial charge is 0.490 e. The van der Waals surface area contributed by atoms with E-state index < -0.39 is 12.1 Å². The van der Waals surface area contributed by atoms with Crippen LogP contribution in [-0.2, 0) is 4.79 Å². The van der Waals surface area contributed by atoms with Crippen molar-refractivity contribution in [3.05, 3.63) is 22.2 Å². The third-order valence-corrected chi connectivity index (χ3v) is 3.79. The number of carboxylic acid groups (broad SMARTS) is 1. The van der Waals surface area contributed by atoms with Crippen molar-refractivity contribution >= 4 is 21.9 Å². The van der Waals surface area contributed by atoms with Crippen molar-refractivity contribution in [1.29, 1.82) is 0 Å². The Morgan fingerprint density at radius 3 is 2.80 bits per heavy atom. The Morgan fingerprint density at radius 1 is 1.40 bits per heavy atom. The van der Waals surface area contributed by atoms with E-state index in [1.165, 1.54) is 0 Å². The highest BCUT2D eigenvalue weighted by atomic mass is 79.9. The minimum absolute atomic E-state index is 0.0901. The molecule has 2 atom stereocenters. The van der Waals surface area contributed by atoms with Gasteiger partial charge in [-0.15, -0.1) is 0 Å². The second-order valence-electron chi connectivity index (χ2n) is 4.90. The molecule has 0 saturated heterocycles. The standard InChI is InChI=1S/C14H17BrO5/c1-8(5-12(16)17)13(18)9-6-10(15)14-11(7-9)19-3-2-4-20-14/h6-8,13,18H,2-5H2,1H3,(H,16,17). The van der Waals surface area contributed by atoms with E-state index in [2.05, 4.69) is 15.9 Å². The summed E-state index contributed by atoms with van der Waals surface area (Å²) >= 11 is 3.40. The van der Waals surface area contributed by atoms with Crippen LogP contribution in [0.25, 0.3) is 0 Å². The molecule has 0 aliphatic carbocycles. The van der Waals surface area contributed by atoms with E-state index in [1.807, 2.05) is 0 Å². The van der Waals surface area contributed by atoms with Crippen molar-refractivity contribution in [3.8, 4) is 11.5 Å². The van der Waals surface area contributed by atoms with Crippen molar-refractivity contribution < 1.29 is 24.5 Å². The number of aliphatic hydroxyl groups excluding tert-OH is 1. The summed E-state index contributed by atoms with van der Waals surface area (Å²) in [5.41, 5.74) is 0.620. The SMILES string of the molecule is CC(CC(=O)O)C(O)c1cc(Br)c2c(c1)OCCCO2. The highest BCUT2D eigenvalue weighted by molar-refractivity contribution is 9.10. The van der Waals surface area contributed by atoms with Crippen molar-refractivity contribution in [1.82, 2.24) is 0 Å². The van der Waals surface area contributed by atoms with Gasteiger partial charge in [0, 0.05) is 6.42 Å². The number of hydrogen-bond acceptors (Lipinski definition) is 4. The Kier molecular flexibility index (Phi) is 4.88. The Balaban J connectivity index is 2.26. The molecule has 20 heavy (non-hydrogen) atoms. The minimum Gasteiger partial charge on any atom is -0.490 e. The second-order valence-corrected chi connectivity index (χ2v) is 5.75. The lowest BCUT2D eigenvalue weighted by molar-refractivity contribution is -0.139. The van der Waals surface area contributed by atoms with Crippen LogP contribution < -0.4 is 9.47 Å². The summed E-state index contributed by atoms with van der Waals surface area (Å²) in [6, 6.07) is 3.46. The topological polar surface area (TPSA) is 76.0 Å². The van der Waals surface area contributed by atoms with Gasteiger partial charge in [-0.05, 0) is 39.5 Å². The first-order valence-corrected chi connectivity index (χ1v) is 7.27. The third kappa shape index (κ3) is 3.43. The molecule has 0 aromatic heterocycles. The predicted octanol–water partition coefficient (Wildman–Crippen LogP) is 2.75. The zero-order valence-electron chi connectivity index (χ0n) is 11.1. The van der Waals surface area contributed by atoms with Gasteiger partial charge in [-0.25, -0.2) is 0 Å². The summed E-state index contributed by atoms with van der Waals surface area (Å²) in [4.78, 5) is 10.7. The summed E-state index contributed by atoms with van der Waals surface area (Å²) in [6.07, 6.45) is -0.152. The molecule has 2 rings (SSSR count). The molecular formula is C14H17BrO5. The average Bonchev–Trinajstić information content (AvgIpc) is 2.62. The molecule has 5 nitrogen and oxygen atoms in total. The summed E-state index contributed by atoms with van der Waals surface area (Å²) in [6.45, 7) is 2.85. The molecule has 0 bridgehead atoms. The zero-order valence-corrected chi connectivity index (χ0v) is 12.7. The number of rotatable bonds is 4. The first kappa shape index (κ1) is 15.1. The highest BCUT2D eigenvalue weighted by Crippen LogP contribution is 2.40.